The molecule has 0 saturated carbocycles. The molecule has 0 aromatic heterocycles. The van der Waals surface area contributed by atoms with Crippen LogP contribution in [0.15, 0.2) is 121 Å². The van der Waals surface area contributed by atoms with Crippen LogP contribution in [0.1, 0.15) is 25.0 Å². The maximum Gasteiger partial charge on any atom is 0.0543 e. The first kappa shape index (κ1) is 21.7. The minimum Gasteiger partial charge on any atom is -0.310 e. The van der Waals surface area contributed by atoms with Crippen LogP contribution >= 0.6 is 11.6 Å². The summed E-state index contributed by atoms with van der Waals surface area (Å²) in [6.45, 7) is 4.64. The molecule has 0 unspecified atom stereocenters. The highest BCUT2D eigenvalue weighted by Gasteiger charge is 2.37. The lowest BCUT2D eigenvalue weighted by atomic mass is 9.82. The number of fused-ring (bicyclic) bond motifs is 3. The van der Waals surface area contributed by atoms with E-state index in [1.165, 1.54) is 33.4 Å². The fourth-order valence-corrected chi connectivity index (χ4v) is 5.58. The van der Waals surface area contributed by atoms with Crippen molar-refractivity contribution in [3.05, 3.63) is 137 Å². The van der Waals surface area contributed by atoms with E-state index in [9.17, 15) is 0 Å². The number of rotatable bonds is 4. The Morgan fingerprint density at radius 1 is 0.571 bits per heavy atom. The molecule has 0 N–H and O–H groups in total. The van der Waals surface area contributed by atoms with Gasteiger partial charge in [-0.1, -0.05) is 110 Å². The third kappa shape index (κ3) is 3.64. The van der Waals surface area contributed by atoms with Gasteiger partial charge in [0.25, 0.3) is 0 Å². The monoisotopic (exact) mass is 471 g/mol. The van der Waals surface area contributed by atoms with Gasteiger partial charge in [-0.2, -0.15) is 0 Å². The van der Waals surface area contributed by atoms with Crippen molar-refractivity contribution in [1.29, 1.82) is 0 Å². The molecular formula is C33H26ClN. The first-order valence-electron chi connectivity index (χ1n) is 12.0. The van der Waals surface area contributed by atoms with Crippen LogP contribution in [-0.2, 0) is 5.41 Å². The van der Waals surface area contributed by atoms with Crippen molar-refractivity contribution in [2.75, 3.05) is 4.90 Å². The van der Waals surface area contributed by atoms with E-state index in [1.54, 1.807) is 0 Å². The molecule has 5 aromatic carbocycles. The van der Waals surface area contributed by atoms with Crippen molar-refractivity contribution in [2.24, 2.45) is 0 Å². The van der Waals surface area contributed by atoms with Gasteiger partial charge in [-0.25, -0.2) is 0 Å². The normalized spacial score (nSPS) is 13.2. The third-order valence-electron chi connectivity index (χ3n) is 7.13. The van der Waals surface area contributed by atoms with Crippen molar-refractivity contribution in [3.63, 3.8) is 0 Å². The molecule has 0 radical (unpaired) electrons. The number of benzene rings is 5. The van der Waals surface area contributed by atoms with E-state index in [-0.39, 0.29) is 5.41 Å². The highest BCUT2D eigenvalue weighted by molar-refractivity contribution is 6.30. The number of halogens is 1. The van der Waals surface area contributed by atoms with Crippen molar-refractivity contribution in [3.8, 4) is 22.3 Å². The van der Waals surface area contributed by atoms with Crippen molar-refractivity contribution >= 4 is 28.7 Å². The summed E-state index contributed by atoms with van der Waals surface area (Å²) in [4.78, 5) is 2.33. The fourth-order valence-electron chi connectivity index (χ4n) is 5.40. The number of anilines is 3. The van der Waals surface area contributed by atoms with Crippen molar-refractivity contribution in [1.82, 2.24) is 0 Å². The zero-order valence-electron chi connectivity index (χ0n) is 19.9. The third-order valence-corrected chi connectivity index (χ3v) is 7.36. The molecule has 35 heavy (non-hydrogen) atoms. The quantitative estimate of drug-likeness (QED) is 0.252. The van der Waals surface area contributed by atoms with E-state index in [2.05, 4.69) is 116 Å². The summed E-state index contributed by atoms with van der Waals surface area (Å²) in [5.41, 5.74) is 11.0. The first-order valence-corrected chi connectivity index (χ1v) is 12.4. The largest absolute Gasteiger partial charge is 0.310 e. The Bertz CT molecular complexity index is 1520. The van der Waals surface area contributed by atoms with Gasteiger partial charge in [0.1, 0.15) is 0 Å². The molecule has 6 rings (SSSR count). The van der Waals surface area contributed by atoms with E-state index in [0.717, 1.165) is 22.1 Å². The highest BCUT2D eigenvalue weighted by atomic mass is 35.5. The molecule has 170 valence electrons. The molecule has 0 saturated heterocycles. The number of nitrogens with zero attached hydrogens (tertiary/aromatic N) is 1. The summed E-state index contributed by atoms with van der Waals surface area (Å²) in [5, 5.41) is 0.724. The molecular weight excluding hydrogens is 446 g/mol. The van der Waals surface area contributed by atoms with E-state index < -0.39 is 0 Å². The second-order valence-corrected chi connectivity index (χ2v) is 10.0. The maximum atomic E-state index is 6.49. The summed E-state index contributed by atoms with van der Waals surface area (Å²) in [6.07, 6.45) is 0. The van der Waals surface area contributed by atoms with Crippen LogP contribution in [0.4, 0.5) is 17.1 Å². The van der Waals surface area contributed by atoms with Gasteiger partial charge < -0.3 is 4.90 Å². The zero-order valence-corrected chi connectivity index (χ0v) is 20.6. The number of hydrogen-bond acceptors (Lipinski definition) is 1. The van der Waals surface area contributed by atoms with Gasteiger partial charge in [-0.15, -0.1) is 0 Å². The van der Waals surface area contributed by atoms with E-state index in [4.69, 9.17) is 11.6 Å². The standard InChI is InChI=1S/C33H26ClN/c1-33(2)29-15-7-6-14-28(29)32-30(33)16-9-17-31(32)35(27-13-8-12-25(34)22-27)26-20-18-24(19-21-26)23-10-4-3-5-11-23/h3-22H,1-2H3. The molecule has 0 amide bonds. The van der Waals surface area contributed by atoms with Gasteiger partial charge in [0.05, 0.1) is 5.69 Å². The lowest BCUT2D eigenvalue weighted by molar-refractivity contribution is 0.660. The predicted octanol–water partition coefficient (Wildman–Crippen LogP) is 9.78. The minimum absolute atomic E-state index is 0.0564. The first-order chi connectivity index (χ1) is 17.0. The second-order valence-electron chi connectivity index (χ2n) is 9.60. The van der Waals surface area contributed by atoms with Crippen LogP contribution in [0.5, 0.6) is 0 Å². The number of hydrogen-bond donors (Lipinski definition) is 0. The maximum absolute atomic E-state index is 6.49. The van der Waals surface area contributed by atoms with Gasteiger partial charge in [0, 0.05) is 27.4 Å². The fraction of sp³-hybridized carbons (Fsp3) is 0.0909. The molecule has 2 heteroatoms. The smallest absolute Gasteiger partial charge is 0.0543 e. The molecule has 0 fully saturated rings. The van der Waals surface area contributed by atoms with Gasteiger partial charge >= 0.3 is 0 Å². The molecule has 0 bridgehead atoms. The Labute approximate surface area is 212 Å². The Morgan fingerprint density at radius 3 is 2.00 bits per heavy atom. The SMILES string of the molecule is CC1(C)c2ccccc2-c2c(N(c3ccc(-c4ccccc4)cc3)c3cccc(Cl)c3)cccc21. The lowest BCUT2D eigenvalue weighted by Gasteiger charge is -2.29. The van der Waals surface area contributed by atoms with Gasteiger partial charge in [-0.3, -0.25) is 0 Å². The van der Waals surface area contributed by atoms with Crippen LogP contribution in [0.25, 0.3) is 22.3 Å². The van der Waals surface area contributed by atoms with E-state index in [1.807, 2.05) is 24.3 Å². The topological polar surface area (TPSA) is 3.24 Å². The summed E-state index contributed by atoms with van der Waals surface area (Å²) in [5.74, 6) is 0. The van der Waals surface area contributed by atoms with Gasteiger partial charge in [-0.05, 0) is 64.2 Å². The van der Waals surface area contributed by atoms with Gasteiger partial charge in [0.2, 0.25) is 0 Å². The molecule has 1 nitrogen and oxygen atoms in total. The molecule has 0 aliphatic heterocycles. The molecule has 0 heterocycles. The Hall–Kier alpha value is -3.81. The van der Waals surface area contributed by atoms with Crippen LogP contribution in [0, 0.1) is 0 Å². The minimum atomic E-state index is -0.0564. The molecule has 0 spiro atoms. The summed E-state index contributed by atoms with van der Waals surface area (Å²) < 4.78 is 0. The average molecular weight is 472 g/mol. The Morgan fingerprint density at radius 2 is 1.23 bits per heavy atom. The molecule has 0 atom stereocenters. The molecule has 1 aliphatic carbocycles. The molecule has 1 aliphatic rings. The summed E-state index contributed by atoms with van der Waals surface area (Å²) in [7, 11) is 0. The van der Waals surface area contributed by atoms with E-state index >= 15 is 0 Å². The summed E-state index contributed by atoms with van der Waals surface area (Å²) >= 11 is 6.49. The van der Waals surface area contributed by atoms with Gasteiger partial charge in [0.15, 0.2) is 0 Å². The summed E-state index contributed by atoms with van der Waals surface area (Å²) in [6, 6.07) is 42.9. The lowest BCUT2D eigenvalue weighted by Crippen LogP contribution is -2.16. The molecule has 5 aromatic rings. The van der Waals surface area contributed by atoms with Crippen LogP contribution in [0.2, 0.25) is 5.02 Å². The Kier molecular flexibility index (Phi) is 5.24. The average Bonchev–Trinajstić information content (AvgIpc) is 3.13. The van der Waals surface area contributed by atoms with Crippen LogP contribution in [0.3, 0.4) is 0 Å². The van der Waals surface area contributed by atoms with Crippen molar-refractivity contribution < 1.29 is 0 Å². The highest BCUT2D eigenvalue weighted by Crippen LogP contribution is 2.54. The van der Waals surface area contributed by atoms with Crippen molar-refractivity contribution in [2.45, 2.75) is 19.3 Å². The Balaban J connectivity index is 1.56. The second kappa shape index (κ2) is 8.45. The van der Waals surface area contributed by atoms with Crippen LogP contribution < -0.4 is 4.90 Å². The zero-order chi connectivity index (χ0) is 24.0. The predicted molar refractivity (Wildman–Crippen MR) is 149 cm³/mol. The van der Waals surface area contributed by atoms with E-state index in [0.29, 0.717) is 0 Å². The van der Waals surface area contributed by atoms with Crippen LogP contribution in [-0.4, -0.2) is 0 Å².